The van der Waals surface area contributed by atoms with Crippen LogP contribution in [-0.4, -0.2) is 30.2 Å². The van der Waals surface area contributed by atoms with Crippen LogP contribution in [0.2, 0.25) is 5.02 Å². The van der Waals surface area contributed by atoms with Crippen molar-refractivity contribution in [2.45, 2.75) is 19.8 Å². The van der Waals surface area contributed by atoms with Gasteiger partial charge in [-0.25, -0.2) is 0 Å². The van der Waals surface area contributed by atoms with Crippen LogP contribution < -0.4 is 14.5 Å². The second-order valence-corrected chi connectivity index (χ2v) is 9.40. The Morgan fingerprint density at radius 1 is 0.971 bits per heavy atom. The number of hydrogen-bond acceptors (Lipinski definition) is 5. The van der Waals surface area contributed by atoms with Gasteiger partial charge in [0.2, 0.25) is 17.7 Å². The van der Waals surface area contributed by atoms with Crippen LogP contribution in [0.4, 0.5) is 11.4 Å². The summed E-state index contributed by atoms with van der Waals surface area (Å²) in [6.07, 6.45) is 4.58. The van der Waals surface area contributed by atoms with Gasteiger partial charge in [0.05, 0.1) is 23.4 Å². The molecule has 1 aliphatic carbocycles. The minimum Gasteiger partial charge on any atom is -0.426 e. The molecule has 0 saturated carbocycles. The number of nitrogens with zero attached hydrogens (tertiary/aromatic N) is 2. The summed E-state index contributed by atoms with van der Waals surface area (Å²) in [5.41, 5.74) is 1.14. The van der Waals surface area contributed by atoms with Crippen molar-refractivity contribution in [3.63, 3.8) is 0 Å². The first-order valence-electron chi connectivity index (χ1n) is 11.3. The number of esters is 1. The van der Waals surface area contributed by atoms with Gasteiger partial charge in [-0.05, 0) is 60.9 Å². The number of halogens is 1. The summed E-state index contributed by atoms with van der Waals surface area (Å²) in [5.74, 6) is -1.99. The molecule has 0 N–H and O–H groups in total. The fourth-order valence-corrected chi connectivity index (χ4v) is 5.13. The summed E-state index contributed by atoms with van der Waals surface area (Å²) in [5, 5.41) is 0.567. The summed E-state index contributed by atoms with van der Waals surface area (Å²) in [6, 6.07) is 13.2. The normalized spacial score (nSPS) is 26.2. The number of allylic oxidation sites excluding steroid dienone is 2. The van der Waals surface area contributed by atoms with Crippen LogP contribution in [0.1, 0.15) is 19.8 Å². The van der Waals surface area contributed by atoms with E-state index < -0.39 is 11.9 Å². The number of hydrogen-bond donors (Lipinski definition) is 0. The van der Waals surface area contributed by atoms with E-state index in [9.17, 15) is 19.2 Å². The summed E-state index contributed by atoms with van der Waals surface area (Å²) >= 11 is 5.91. The average molecular weight is 479 g/mol. The Kier molecular flexibility index (Phi) is 5.73. The van der Waals surface area contributed by atoms with E-state index in [1.807, 2.05) is 19.1 Å². The predicted octanol–water partition coefficient (Wildman–Crippen LogP) is 4.00. The van der Waals surface area contributed by atoms with Crippen molar-refractivity contribution >= 4 is 46.7 Å². The number of rotatable bonds is 4. The number of fused-ring (bicyclic) bond motifs is 1. The Hall–Kier alpha value is -3.45. The maximum Gasteiger partial charge on any atom is 0.316 e. The first kappa shape index (κ1) is 22.3. The molecule has 3 aliphatic rings. The van der Waals surface area contributed by atoms with Gasteiger partial charge in [-0.15, -0.1) is 0 Å². The molecule has 4 atom stereocenters. The second-order valence-electron chi connectivity index (χ2n) is 8.96. The number of ether oxygens (including phenoxy) is 1. The molecule has 0 aromatic heterocycles. The SMILES string of the molecule is C[C@@H]1C=CC[C@@H]2C(=O)N(c3ccc(OC(=O)[C@H]4CC(=O)N(c5ccc(Cl)cc5)C4)cc3)C(=O)[C@@H]12. The number of carbonyl (C=O) groups is 4. The fourth-order valence-electron chi connectivity index (χ4n) is 5.00. The molecule has 2 heterocycles. The number of anilines is 2. The molecule has 5 rings (SSSR count). The lowest BCUT2D eigenvalue weighted by atomic mass is 9.78. The molecule has 2 aromatic rings. The molecule has 2 aromatic carbocycles. The van der Waals surface area contributed by atoms with Crippen LogP contribution >= 0.6 is 11.6 Å². The first-order chi connectivity index (χ1) is 16.3. The highest BCUT2D eigenvalue weighted by Crippen LogP contribution is 2.40. The first-order valence-corrected chi connectivity index (χ1v) is 11.6. The van der Waals surface area contributed by atoms with Gasteiger partial charge in [-0.3, -0.25) is 24.1 Å². The molecule has 174 valence electrons. The topological polar surface area (TPSA) is 84.0 Å². The molecule has 2 aliphatic heterocycles. The lowest BCUT2D eigenvalue weighted by molar-refractivity contribution is -0.139. The highest BCUT2D eigenvalue weighted by Gasteiger charge is 2.50. The van der Waals surface area contributed by atoms with Crippen molar-refractivity contribution in [3.05, 3.63) is 65.7 Å². The molecule has 34 heavy (non-hydrogen) atoms. The highest BCUT2D eigenvalue weighted by atomic mass is 35.5. The van der Waals surface area contributed by atoms with Gasteiger partial charge in [0, 0.05) is 23.7 Å². The van der Waals surface area contributed by atoms with Gasteiger partial charge in [0.25, 0.3) is 0 Å². The molecule has 7 nitrogen and oxygen atoms in total. The largest absolute Gasteiger partial charge is 0.426 e. The highest BCUT2D eigenvalue weighted by molar-refractivity contribution is 6.30. The third kappa shape index (κ3) is 3.90. The van der Waals surface area contributed by atoms with E-state index in [0.717, 1.165) is 0 Å². The Morgan fingerprint density at radius 3 is 2.32 bits per heavy atom. The third-order valence-electron chi connectivity index (χ3n) is 6.78. The van der Waals surface area contributed by atoms with E-state index in [-0.39, 0.29) is 54.2 Å². The predicted molar refractivity (Wildman–Crippen MR) is 126 cm³/mol. The van der Waals surface area contributed by atoms with E-state index in [4.69, 9.17) is 16.3 Å². The third-order valence-corrected chi connectivity index (χ3v) is 7.03. The van der Waals surface area contributed by atoms with Crippen molar-refractivity contribution in [2.24, 2.45) is 23.7 Å². The van der Waals surface area contributed by atoms with E-state index in [0.29, 0.717) is 22.8 Å². The molecule has 3 amide bonds. The van der Waals surface area contributed by atoms with Gasteiger partial charge in [-0.1, -0.05) is 30.7 Å². The van der Waals surface area contributed by atoms with Crippen LogP contribution in [0.15, 0.2) is 60.7 Å². The standard InChI is InChI=1S/C26H23ClN2O5/c1-15-3-2-4-21-23(15)25(32)29(24(21)31)19-9-11-20(12-10-19)34-26(33)16-13-22(30)28(14-16)18-7-5-17(27)6-8-18/h2-3,5-12,15-16,21,23H,4,13-14H2,1H3/t15-,16+,21+,23+/m1/s1. The van der Waals surface area contributed by atoms with Gasteiger partial charge >= 0.3 is 5.97 Å². The van der Waals surface area contributed by atoms with Crippen molar-refractivity contribution in [3.8, 4) is 5.75 Å². The second kappa shape index (κ2) is 8.72. The molecule has 2 saturated heterocycles. The average Bonchev–Trinajstić information content (AvgIpc) is 3.33. The van der Waals surface area contributed by atoms with Gasteiger partial charge in [-0.2, -0.15) is 0 Å². The minimum atomic E-state index is -0.596. The molecule has 0 radical (unpaired) electrons. The van der Waals surface area contributed by atoms with Gasteiger partial charge in [0.15, 0.2) is 0 Å². The van der Waals surface area contributed by atoms with E-state index in [2.05, 4.69) is 0 Å². The summed E-state index contributed by atoms with van der Waals surface area (Å²) in [4.78, 5) is 53.7. The Morgan fingerprint density at radius 2 is 1.65 bits per heavy atom. The maximum atomic E-state index is 12.9. The monoisotopic (exact) mass is 478 g/mol. The van der Waals surface area contributed by atoms with Gasteiger partial charge < -0.3 is 9.64 Å². The fraction of sp³-hybridized carbons (Fsp3) is 0.308. The van der Waals surface area contributed by atoms with Crippen molar-refractivity contribution < 1.29 is 23.9 Å². The zero-order chi connectivity index (χ0) is 24.0. The van der Waals surface area contributed by atoms with Crippen molar-refractivity contribution in [1.29, 1.82) is 0 Å². The lowest BCUT2D eigenvalue weighted by Gasteiger charge is -2.22. The van der Waals surface area contributed by atoms with Crippen LogP contribution in [-0.2, 0) is 19.2 Å². The summed E-state index contributed by atoms with van der Waals surface area (Å²) < 4.78 is 5.50. The van der Waals surface area contributed by atoms with Crippen molar-refractivity contribution in [1.82, 2.24) is 0 Å². The van der Waals surface area contributed by atoms with E-state index >= 15 is 0 Å². The van der Waals surface area contributed by atoms with E-state index in [1.54, 1.807) is 53.4 Å². The number of amides is 3. The smallest absolute Gasteiger partial charge is 0.316 e. The molecule has 8 heteroatoms. The van der Waals surface area contributed by atoms with Crippen LogP contribution in [0, 0.1) is 23.7 Å². The Bertz CT molecular complexity index is 1190. The van der Waals surface area contributed by atoms with Crippen LogP contribution in [0.25, 0.3) is 0 Å². The van der Waals surface area contributed by atoms with Gasteiger partial charge in [0.1, 0.15) is 5.75 Å². The molecule has 0 bridgehead atoms. The van der Waals surface area contributed by atoms with Crippen LogP contribution in [0.3, 0.4) is 0 Å². The molecule has 0 unspecified atom stereocenters. The Balaban J connectivity index is 1.25. The maximum absolute atomic E-state index is 12.9. The Labute approximate surface area is 201 Å². The number of benzene rings is 2. The quantitative estimate of drug-likeness (QED) is 0.287. The number of imide groups is 1. The summed E-state index contributed by atoms with van der Waals surface area (Å²) in [7, 11) is 0. The molecular formula is C26H23ClN2O5. The molecule has 2 fully saturated rings. The van der Waals surface area contributed by atoms with E-state index in [1.165, 1.54) is 4.90 Å². The molecular weight excluding hydrogens is 456 g/mol. The zero-order valence-electron chi connectivity index (χ0n) is 18.5. The number of carbonyl (C=O) groups excluding carboxylic acids is 4. The summed E-state index contributed by atoms with van der Waals surface area (Å²) in [6.45, 7) is 2.18. The van der Waals surface area contributed by atoms with Crippen molar-refractivity contribution in [2.75, 3.05) is 16.3 Å². The zero-order valence-corrected chi connectivity index (χ0v) is 19.3. The lowest BCUT2D eigenvalue weighted by Crippen LogP contribution is -2.31. The molecule has 0 spiro atoms. The van der Waals surface area contributed by atoms with Crippen LogP contribution in [0.5, 0.6) is 5.75 Å². The minimum absolute atomic E-state index is 0.0157.